The highest BCUT2D eigenvalue weighted by molar-refractivity contribution is 7.99. The number of hydrogen-bond donors (Lipinski definition) is 1. The third-order valence-corrected chi connectivity index (χ3v) is 3.81. The Bertz CT molecular complexity index is 402. The molecule has 1 aromatic heterocycles. The maximum Gasteiger partial charge on any atom is 0.313 e. The van der Waals surface area contributed by atoms with E-state index in [0.29, 0.717) is 12.0 Å². The summed E-state index contributed by atoms with van der Waals surface area (Å²) in [5, 5.41) is 9.59. The molecule has 1 unspecified atom stereocenters. The molecule has 0 aromatic carbocycles. The van der Waals surface area contributed by atoms with Gasteiger partial charge in [0.05, 0.1) is 5.75 Å². The van der Waals surface area contributed by atoms with Gasteiger partial charge >= 0.3 is 5.97 Å². The van der Waals surface area contributed by atoms with Crippen molar-refractivity contribution in [1.82, 2.24) is 9.55 Å². The number of aliphatic carboxylic acids is 1. The summed E-state index contributed by atoms with van der Waals surface area (Å²) in [4.78, 5) is 15.0. The standard InChI is InChI=1S/C13H22N2O2S/c1-5-6-10(4)15-11(9(2)3)7-14-13(15)18-8-12(16)17/h7,9-10H,5-6,8H2,1-4H3,(H,16,17). The Morgan fingerprint density at radius 3 is 2.67 bits per heavy atom. The van der Waals surface area contributed by atoms with Crippen molar-refractivity contribution in [2.24, 2.45) is 0 Å². The van der Waals surface area contributed by atoms with Crippen LogP contribution in [0.4, 0.5) is 0 Å². The number of aromatic nitrogens is 2. The van der Waals surface area contributed by atoms with Crippen LogP contribution in [-0.4, -0.2) is 26.4 Å². The first-order valence-corrected chi connectivity index (χ1v) is 7.37. The van der Waals surface area contributed by atoms with Gasteiger partial charge in [0, 0.05) is 17.9 Å². The van der Waals surface area contributed by atoms with Gasteiger partial charge in [-0.1, -0.05) is 39.0 Å². The molecule has 0 aliphatic carbocycles. The van der Waals surface area contributed by atoms with E-state index in [-0.39, 0.29) is 5.75 Å². The topological polar surface area (TPSA) is 55.1 Å². The summed E-state index contributed by atoms with van der Waals surface area (Å²) >= 11 is 1.30. The van der Waals surface area contributed by atoms with E-state index < -0.39 is 5.97 Å². The monoisotopic (exact) mass is 270 g/mol. The Kier molecular flexibility index (Phi) is 5.72. The minimum absolute atomic E-state index is 0.0629. The van der Waals surface area contributed by atoms with Crippen molar-refractivity contribution in [2.75, 3.05) is 5.75 Å². The third-order valence-electron chi connectivity index (χ3n) is 2.86. The predicted octanol–water partition coefficient (Wildman–Crippen LogP) is 3.54. The maximum absolute atomic E-state index is 10.7. The van der Waals surface area contributed by atoms with Crippen molar-refractivity contribution in [3.05, 3.63) is 11.9 Å². The van der Waals surface area contributed by atoms with E-state index in [4.69, 9.17) is 5.11 Å². The molecule has 0 fully saturated rings. The van der Waals surface area contributed by atoms with Crippen LogP contribution < -0.4 is 0 Å². The van der Waals surface area contributed by atoms with Crippen LogP contribution in [0.5, 0.6) is 0 Å². The zero-order chi connectivity index (χ0) is 13.7. The van der Waals surface area contributed by atoms with E-state index in [1.807, 2.05) is 6.20 Å². The minimum Gasteiger partial charge on any atom is -0.481 e. The summed E-state index contributed by atoms with van der Waals surface area (Å²) in [6, 6.07) is 0.367. The quantitative estimate of drug-likeness (QED) is 0.770. The van der Waals surface area contributed by atoms with Gasteiger partial charge in [-0.05, 0) is 19.3 Å². The van der Waals surface area contributed by atoms with Gasteiger partial charge < -0.3 is 9.67 Å². The summed E-state index contributed by atoms with van der Waals surface area (Å²) in [6.45, 7) is 8.60. The van der Waals surface area contributed by atoms with Gasteiger partial charge in [-0.25, -0.2) is 4.98 Å². The fourth-order valence-corrected chi connectivity index (χ4v) is 2.81. The van der Waals surface area contributed by atoms with Crippen LogP contribution in [0.15, 0.2) is 11.4 Å². The van der Waals surface area contributed by atoms with Crippen molar-refractivity contribution in [2.45, 2.75) is 57.7 Å². The third kappa shape index (κ3) is 3.77. The second-order valence-corrected chi connectivity index (χ2v) is 5.75. The molecule has 0 radical (unpaired) electrons. The summed E-state index contributed by atoms with van der Waals surface area (Å²) in [5.74, 6) is -0.340. The largest absolute Gasteiger partial charge is 0.481 e. The van der Waals surface area contributed by atoms with Crippen molar-refractivity contribution in [3.63, 3.8) is 0 Å². The summed E-state index contributed by atoms with van der Waals surface area (Å²) in [6.07, 6.45) is 4.07. The zero-order valence-electron chi connectivity index (χ0n) is 11.5. The number of thioether (sulfide) groups is 1. The molecule has 1 N–H and O–H groups in total. The second-order valence-electron chi connectivity index (χ2n) is 4.81. The molecule has 1 atom stereocenters. The number of imidazole rings is 1. The highest BCUT2D eigenvalue weighted by atomic mass is 32.2. The number of hydrogen-bond acceptors (Lipinski definition) is 3. The van der Waals surface area contributed by atoms with Gasteiger partial charge in [0.25, 0.3) is 0 Å². The molecule has 1 aromatic rings. The summed E-state index contributed by atoms with van der Waals surface area (Å²) in [7, 11) is 0. The highest BCUT2D eigenvalue weighted by Crippen LogP contribution is 2.29. The van der Waals surface area contributed by atoms with Crippen LogP contribution in [0.2, 0.25) is 0 Å². The first-order valence-electron chi connectivity index (χ1n) is 6.39. The van der Waals surface area contributed by atoms with Crippen LogP contribution >= 0.6 is 11.8 Å². The lowest BCUT2D eigenvalue weighted by Gasteiger charge is -2.20. The average molecular weight is 270 g/mol. The molecule has 0 aliphatic heterocycles. The van der Waals surface area contributed by atoms with E-state index in [9.17, 15) is 4.79 Å². The van der Waals surface area contributed by atoms with Crippen molar-refractivity contribution in [1.29, 1.82) is 0 Å². The highest BCUT2D eigenvalue weighted by Gasteiger charge is 2.18. The molecule has 0 saturated heterocycles. The molecule has 102 valence electrons. The van der Waals surface area contributed by atoms with Gasteiger partial charge in [0.15, 0.2) is 5.16 Å². The van der Waals surface area contributed by atoms with Crippen molar-refractivity contribution in [3.8, 4) is 0 Å². The summed E-state index contributed by atoms with van der Waals surface area (Å²) in [5.41, 5.74) is 1.18. The van der Waals surface area contributed by atoms with Gasteiger partial charge in [-0.3, -0.25) is 4.79 Å². The number of rotatable bonds is 7. The lowest BCUT2D eigenvalue weighted by Crippen LogP contribution is -2.12. The van der Waals surface area contributed by atoms with E-state index in [1.54, 1.807) is 0 Å². The molecular formula is C13H22N2O2S. The summed E-state index contributed by atoms with van der Waals surface area (Å²) < 4.78 is 2.20. The average Bonchev–Trinajstić information content (AvgIpc) is 2.70. The lowest BCUT2D eigenvalue weighted by atomic mass is 10.1. The SMILES string of the molecule is CCCC(C)n1c(C(C)C)cnc1SCC(=O)O. The molecule has 4 nitrogen and oxygen atoms in total. The molecule has 0 amide bonds. The Hall–Kier alpha value is -0.970. The molecule has 1 heterocycles. The molecule has 0 spiro atoms. The number of carboxylic acid groups (broad SMARTS) is 1. The van der Waals surface area contributed by atoms with Crippen molar-refractivity contribution < 1.29 is 9.90 Å². The van der Waals surface area contributed by atoms with Crippen LogP contribution in [0, 0.1) is 0 Å². The van der Waals surface area contributed by atoms with Crippen LogP contribution in [-0.2, 0) is 4.79 Å². The van der Waals surface area contributed by atoms with Gasteiger partial charge in [0.2, 0.25) is 0 Å². The lowest BCUT2D eigenvalue weighted by molar-refractivity contribution is -0.133. The normalized spacial score (nSPS) is 12.9. The Morgan fingerprint density at radius 1 is 1.50 bits per heavy atom. The molecule has 18 heavy (non-hydrogen) atoms. The Morgan fingerprint density at radius 2 is 2.17 bits per heavy atom. The second kappa shape index (κ2) is 6.83. The fourth-order valence-electron chi connectivity index (χ4n) is 2.01. The Labute approximate surface area is 113 Å². The predicted molar refractivity (Wildman–Crippen MR) is 74.3 cm³/mol. The molecular weight excluding hydrogens is 248 g/mol. The number of carbonyl (C=O) groups is 1. The Balaban J connectivity index is 2.98. The number of nitrogens with zero attached hydrogens (tertiary/aromatic N) is 2. The van der Waals surface area contributed by atoms with E-state index in [1.165, 1.54) is 17.5 Å². The molecule has 0 bridgehead atoms. The van der Waals surface area contributed by atoms with Crippen LogP contribution in [0.3, 0.4) is 0 Å². The first-order chi connectivity index (χ1) is 8.47. The fraction of sp³-hybridized carbons (Fsp3) is 0.692. The van der Waals surface area contributed by atoms with Gasteiger partial charge in [-0.15, -0.1) is 0 Å². The van der Waals surface area contributed by atoms with Crippen LogP contribution in [0.1, 0.15) is 58.2 Å². The van der Waals surface area contributed by atoms with Crippen molar-refractivity contribution >= 4 is 17.7 Å². The van der Waals surface area contributed by atoms with Gasteiger partial charge in [0.1, 0.15) is 0 Å². The molecule has 5 heteroatoms. The molecule has 0 saturated carbocycles. The van der Waals surface area contributed by atoms with E-state index in [2.05, 4.69) is 37.2 Å². The zero-order valence-corrected chi connectivity index (χ0v) is 12.3. The van der Waals surface area contributed by atoms with Crippen LogP contribution in [0.25, 0.3) is 0 Å². The molecule has 1 rings (SSSR count). The first kappa shape index (κ1) is 15.1. The minimum atomic E-state index is -0.802. The smallest absolute Gasteiger partial charge is 0.313 e. The maximum atomic E-state index is 10.7. The van der Waals surface area contributed by atoms with Gasteiger partial charge in [-0.2, -0.15) is 0 Å². The van der Waals surface area contributed by atoms with E-state index in [0.717, 1.165) is 18.0 Å². The van der Waals surface area contributed by atoms with E-state index >= 15 is 0 Å². The molecule has 0 aliphatic rings. The number of carboxylic acids is 1.